The Kier molecular flexibility index (Phi) is 5.65. The molecule has 1 aromatic rings. The van der Waals surface area contributed by atoms with E-state index in [-0.39, 0.29) is 17.6 Å². The molecule has 0 aromatic heterocycles. The third-order valence-corrected chi connectivity index (χ3v) is 3.00. The summed E-state index contributed by atoms with van der Waals surface area (Å²) in [5.41, 5.74) is 6.45. The van der Waals surface area contributed by atoms with Crippen LogP contribution in [0.15, 0.2) is 24.3 Å². The molecule has 1 atom stereocenters. The van der Waals surface area contributed by atoms with Gasteiger partial charge in [0.05, 0.1) is 0 Å². The van der Waals surface area contributed by atoms with Gasteiger partial charge in [0.15, 0.2) is 0 Å². The van der Waals surface area contributed by atoms with Gasteiger partial charge in [0.25, 0.3) is 0 Å². The molecule has 0 aliphatic carbocycles. The molecule has 0 radical (unpaired) electrons. The van der Waals surface area contributed by atoms with E-state index in [1.165, 1.54) is 0 Å². The van der Waals surface area contributed by atoms with Crippen molar-refractivity contribution >= 4 is 5.91 Å². The second-order valence-corrected chi connectivity index (χ2v) is 4.69. The topological polar surface area (TPSA) is 66.6 Å². The summed E-state index contributed by atoms with van der Waals surface area (Å²) in [5.74, 6) is 0.385. The van der Waals surface area contributed by atoms with Crippen LogP contribution in [0.4, 0.5) is 0 Å². The predicted molar refractivity (Wildman–Crippen MR) is 72.0 cm³/mol. The van der Waals surface area contributed by atoms with Gasteiger partial charge in [-0.1, -0.05) is 19.1 Å². The van der Waals surface area contributed by atoms with Gasteiger partial charge in [0.2, 0.25) is 5.91 Å². The molecule has 4 nitrogen and oxygen atoms in total. The summed E-state index contributed by atoms with van der Waals surface area (Å²) in [6.45, 7) is 3.12. The molecule has 0 saturated heterocycles. The van der Waals surface area contributed by atoms with Crippen LogP contribution in [0.1, 0.15) is 25.3 Å². The zero-order valence-electron chi connectivity index (χ0n) is 11.1. The Morgan fingerprint density at radius 1 is 1.39 bits per heavy atom. The molecule has 0 heterocycles. The van der Waals surface area contributed by atoms with Crippen LogP contribution in [0, 0.1) is 5.92 Å². The van der Waals surface area contributed by atoms with Gasteiger partial charge in [0, 0.05) is 19.5 Å². The first-order valence-corrected chi connectivity index (χ1v) is 6.27. The maximum atomic E-state index is 12.1. The lowest BCUT2D eigenvalue weighted by Gasteiger charge is -2.21. The average Bonchev–Trinajstić information content (AvgIpc) is 2.37. The minimum atomic E-state index is 0.00988. The van der Waals surface area contributed by atoms with E-state index in [1.54, 1.807) is 24.1 Å². The van der Waals surface area contributed by atoms with Crippen LogP contribution >= 0.6 is 0 Å². The van der Waals surface area contributed by atoms with Crippen molar-refractivity contribution in [2.45, 2.75) is 26.3 Å². The second kappa shape index (κ2) is 7.01. The van der Waals surface area contributed by atoms with E-state index in [9.17, 15) is 9.90 Å². The summed E-state index contributed by atoms with van der Waals surface area (Å²) in [6, 6.07) is 6.91. The molecular formula is C14H22N2O2. The smallest absolute Gasteiger partial charge is 0.225 e. The molecule has 100 valence electrons. The number of phenolic OH excluding ortho intramolecular Hbond substituents is 1. The van der Waals surface area contributed by atoms with Crippen LogP contribution in [0.5, 0.6) is 5.75 Å². The first-order chi connectivity index (χ1) is 8.54. The predicted octanol–water partition coefficient (Wildman–Crippen LogP) is 1.73. The van der Waals surface area contributed by atoms with E-state index < -0.39 is 0 Å². The number of benzene rings is 1. The Bertz CT molecular complexity index is 376. The number of aromatic hydroxyl groups is 1. The normalized spacial score (nSPS) is 12.2. The van der Waals surface area contributed by atoms with E-state index in [0.29, 0.717) is 13.1 Å². The minimum Gasteiger partial charge on any atom is -0.508 e. The van der Waals surface area contributed by atoms with Crippen LogP contribution in [0.25, 0.3) is 0 Å². The largest absolute Gasteiger partial charge is 0.508 e. The highest BCUT2D eigenvalue weighted by Gasteiger charge is 2.16. The van der Waals surface area contributed by atoms with Gasteiger partial charge in [-0.2, -0.15) is 0 Å². The summed E-state index contributed by atoms with van der Waals surface area (Å²) in [5, 5.41) is 9.19. The monoisotopic (exact) mass is 250 g/mol. The fourth-order valence-corrected chi connectivity index (χ4v) is 1.88. The molecular weight excluding hydrogens is 228 g/mol. The number of rotatable bonds is 6. The third kappa shape index (κ3) is 4.37. The fraction of sp³-hybridized carbons (Fsp3) is 0.500. The molecule has 1 rings (SSSR count). The SMILES string of the molecule is CC(CCCN)C(=O)N(C)Cc1ccc(O)cc1. The Hall–Kier alpha value is -1.55. The van der Waals surface area contributed by atoms with Gasteiger partial charge in [0.1, 0.15) is 5.75 Å². The number of hydrogen-bond donors (Lipinski definition) is 2. The number of phenols is 1. The first-order valence-electron chi connectivity index (χ1n) is 6.27. The van der Waals surface area contributed by atoms with E-state index in [1.807, 2.05) is 19.1 Å². The Morgan fingerprint density at radius 2 is 2.00 bits per heavy atom. The number of amides is 1. The fourth-order valence-electron chi connectivity index (χ4n) is 1.88. The summed E-state index contributed by atoms with van der Waals surface area (Å²) < 4.78 is 0. The number of carbonyl (C=O) groups is 1. The van der Waals surface area contributed by atoms with Crippen molar-refractivity contribution in [3.8, 4) is 5.75 Å². The molecule has 18 heavy (non-hydrogen) atoms. The van der Waals surface area contributed by atoms with Crippen LogP contribution in [-0.2, 0) is 11.3 Å². The number of nitrogens with two attached hydrogens (primary N) is 1. The molecule has 1 amide bonds. The molecule has 1 aromatic carbocycles. The number of carbonyl (C=O) groups excluding carboxylic acids is 1. The number of hydrogen-bond acceptors (Lipinski definition) is 3. The van der Waals surface area contributed by atoms with Crippen LogP contribution in [-0.4, -0.2) is 29.5 Å². The van der Waals surface area contributed by atoms with Crippen LogP contribution in [0.2, 0.25) is 0 Å². The summed E-state index contributed by atoms with van der Waals surface area (Å²) in [6.07, 6.45) is 1.70. The second-order valence-electron chi connectivity index (χ2n) is 4.69. The zero-order valence-corrected chi connectivity index (χ0v) is 11.1. The zero-order chi connectivity index (χ0) is 13.5. The first kappa shape index (κ1) is 14.5. The van der Waals surface area contributed by atoms with Crippen molar-refractivity contribution in [2.75, 3.05) is 13.6 Å². The molecule has 0 aliphatic rings. The van der Waals surface area contributed by atoms with Gasteiger partial charge in [-0.3, -0.25) is 4.79 Å². The molecule has 0 spiro atoms. The summed E-state index contributed by atoms with van der Waals surface area (Å²) in [7, 11) is 1.80. The average molecular weight is 250 g/mol. The van der Waals surface area contributed by atoms with Gasteiger partial charge >= 0.3 is 0 Å². The Labute approximate surface area is 108 Å². The van der Waals surface area contributed by atoms with E-state index in [4.69, 9.17) is 5.73 Å². The highest BCUT2D eigenvalue weighted by atomic mass is 16.3. The third-order valence-electron chi connectivity index (χ3n) is 3.00. The Balaban J connectivity index is 2.51. The Morgan fingerprint density at radius 3 is 2.56 bits per heavy atom. The molecule has 0 saturated carbocycles. The molecule has 3 N–H and O–H groups in total. The van der Waals surface area contributed by atoms with Gasteiger partial charge in [-0.05, 0) is 37.1 Å². The molecule has 1 unspecified atom stereocenters. The van der Waals surface area contributed by atoms with Crippen molar-refractivity contribution in [2.24, 2.45) is 11.7 Å². The van der Waals surface area contributed by atoms with E-state index in [0.717, 1.165) is 18.4 Å². The molecule has 0 fully saturated rings. The summed E-state index contributed by atoms with van der Waals surface area (Å²) in [4.78, 5) is 13.8. The highest BCUT2D eigenvalue weighted by Crippen LogP contribution is 2.14. The minimum absolute atomic E-state index is 0.00988. The van der Waals surface area contributed by atoms with E-state index in [2.05, 4.69) is 0 Å². The highest BCUT2D eigenvalue weighted by molar-refractivity contribution is 5.78. The molecule has 0 bridgehead atoms. The van der Waals surface area contributed by atoms with Crippen LogP contribution < -0.4 is 5.73 Å². The van der Waals surface area contributed by atoms with Crippen molar-refractivity contribution in [1.82, 2.24) is 4.90 Å². The van der Waals surface area contributed by atoms with E-state index >= 15 is 0 Å². The van der Waals surface area contributed by atoms with Gasteiger partial charge in [-0.15, -0.1) is 0 Å². The maximum Gasteiger partial charge on any atom is 0.225 e. The lowest BCUT2D eigenvalue weighted by Crippen LogP contribution is -2.31. The van der Waals surface area contributed by atoms with Crippen molar-refractivity contribution in [1.29, 1.82) is 0 Å². The summed E-state index contributed by atoms with van der Waals surface area (Å²) >= 11 is 0. The lowest BCUT2D eigenvalue weighted by atomic mass is 10.0. The van der Waals surface area contributed by atoms with Crippen molar-refractivity contribution < 1.29 is 9.90 Å². The van der Waals surface area contributed by atoms with Crippen molar-refractivity contribution in [3.05, 3.63) is 29.8 Å². The quantitative estimate of drug-likeness (QED) is 0.808. The molecule has 4 heteroatoms. The standard InChI is InChI=1S/C14H22N2O2/c1-11(4-3-9-15)14(18)16(2)10-12-5-7-13(17)8-6-12/h5-8,11,17H,3-4,9-10,15H2,1-2H3. The molecule has 0 aliphatic heterocycles. The van der Waals surface area contributed by atoms with Gasteiger partial charge < -0.3 is 15.7 Å². The van der Waals surface area contributed by atoms with Gasteiger partial charge in [-0.25, -0.2) is 0 Å². The lowest BCUT2D eigenvalue weighted by molar-refractivity contribution is -0.134. The number of nitrogens with zero attached hydrogens (tertiary/aromatic N) is 1. The van der Waals surface area contributed by atoms with Crippen LogP contribution in [0.3, 0.4) is 0 Å². The van der Waals surface area contributed by atoms with Crippen molar-refractivity contribution in [3.63, 3.8) is 0 Å². The maximum absolute atomic E-state index is 12.1.